The molecular formula is C19H18BrClF4N4O. The van der Waals surface area contributed by atoms with E-state index in [1.54, 1.807) is 13.0 Å². The van der Waals surface area contributed by atoms with Crippen LogP contribution in [-0.2, 0) is 6.18 Å². The van der Waals surface area contributed by atoms with Crippen LogP contribution in [-0.4, -0.2) is 28.2 Å². The average molecular weight is 510 g/mol. The van der Waals surface area contributed by atoms with E-state index >= 15 is 0 Å². The number of alkyl halides is 3. The Bertz CT molecular complexity index is 1020. The molecule has 0 fully saturated rings. The number of hydrogen-bond acceptors (Lipinski definition) is 5. The van der Waals surface area contributed by atoms with Crippen molar-refractivity contribution in [2.24, 2.45) is 5.73 Å². The Balaban J connectivity index is 0.000000735. The molecule has 1 atom stereocenters. The van der Waals surface area contributed by atoms with Gasteiger partial charge >= 0.3 is 6.18 Å². The van der Waals surface area contributed by atoms with E-state index in [0.29, 0.717) is 23.3 Å². The van der Waals surface area contributed by atoms with Crippen molar-refractivity contribution in [2.75, 3.05) is 18.5 Å². The predicted octanol–water partition coefficient (Wildman–Crippen LogP) is 5.31. The van der Waals surface area contributed by atoms with Crippen LogP contribution in [0.5, 0.6) is 0 Å². The molecule has 3 rings (SSSR count). The van der Waals surface area contributed by atoms with Crippen molar-refractivity contribution in [1.82, 2.24) is 9.97 Å². The first kappa shape index (κ1) is 24.3. The molecule has 0 unspecified atom stereocenters. The minimum Gasteiger partial charge on any atom is -0.395 e. The highest BCUT2D eigenvalue weighted by molar-refractivity contribution is 9.10. The number of rotatable bonds is 4. The summed E-state index contributed by atoms with van der Waals surface area (Å²) in [7, 11) is 0. The number of halogens is 6. The van der Waals surface area contributed by atoms with Gasteiger partial charge in [0, 0.05) is 24.0 Å². The summed E-state index contributed by atoms with van der Waals surface area (Å²) in [5, 5.41) is 11.2. The molecule has 0 radical (unpaired) electrons. The minimum absolute atomic E-state index is 0.0972. The third-order valence-corrected chi connectivity index (χ3v) is 4.68. The van der Waals surface area contributed by atoms with Gasteiger partial charge in [-0.15, -0.1) is 0 Å². The van der Waals surface area contributed by atoms with Gasteiger partial charge in [0.2, 0.25) is 5.28 Å². The number of nitrogens with zero attached hydrogens (tertiary/aromatic N) is 2. The van der Waals surface area contributed by atoms with Gasteiger partial charge in [-0.25, -0.2) is 14.4 Å². The van der Waals surface area contributed by atoms with E-state index in [0.717, 1.165) is 12.1 Å². The number of hydrogen-bond donors (Lipinski definition) is 3. The molecule has 1 aromatic heterocycles. The molecule has 0 aliphatic rings. The topological polar surface area (TPSA) is 84.1 Å². The number of benzene rings is 2. The Kier molecular flexibility index (Phi) is 8.36. The van der Waals surface area contributed by atoms with Crippen LogP contribution in [0, 0.1) is 5.82 Å². The molecule has 0 aliphatic carbocycles. The molecule has 0 bridgehead atoms. The molecule has 11 heteroatoms. The highest BCUT2D eigenvalue weighted by Crippen LogP contribution is 2.33. The second kappa shape index (κ2) is 10.3. The molecular weight excluding hydrogens is 492 g/mol. The van der Waals surface area contributed by atoms with Crippen molar-refractivity contribution in [2.45, 2.75) is 19.1 Å². The fourth-order valence-corrected chi connectivity index (χ4v) is 3.00. The summed E-state index contributed by atoms with van der Waals surface area (Å²) in [4.78, 5) is 8.06. The van der Waals surface area contributed by atoms with E-state index < -0.39 is 23.6 Å². The Morgan fingerprint density at radius 2 is 1.90 bits per heavy atom. The molecule has 3 aromatic rings. The van der Waals surface area contributed by atoms with Gasteiger partial charge < -0.3 is 16.2 Å². The molecule has 0 spiro atoms. The largest absolute Gasteiger partial charge is 0.416 e. The highest BCUT2D eigenvalue weighted by atomic mass is 79.9. The molecule has 0 saturated carbocycles. The van der Waals surface area contributed by atoms with E-state index in [9.17, 15) is 17.6 Å². The smallest absolute Gasteiger partial charge is 0.395 e. The van der Waals surface area contributed by atoms with Gasteiger partial charge in [-0.05, 0) is 58.2 Å². The predicted molar refractivity (Wildman–Crippen MR) is 112 cm³/mol. The van der Waals surface area contributed by atoms with Crippen LogP contribution in [0.3, 0.4) is 0 Å². The second-order valence-electron chi connectivity index (χ2n) is 6.13. The van der Waals surface area contributed by atoms with Crippen molar-refractivity contribution < 1.29 is 22.7 Å². The van der Waals surface area contributed by atoms with Crippen molar-refractivity contribution >= 4 is 44.3 Å². The number of aromatic nitrogens is 2. The minimum atomic E-state index is -4.43. The summed E-state index contributed by atoms with van der Waals surface area (Å²) in [6.45, 7) is 2.16. The lowest BCUT2D eigenvalue weighted by Crippen LogP contribution is -2.11. The van der Waals surface area contributed by atoms with Crippen molar-refractivity contribution in [1.29, 1.82) is 0 Å². The zero-order valence-electron chi connectivity index (χ0n) is 15.6. The van der Waals surface area contributed by atoms with Gasteiger partial charge in [0.25, 0.3) is 0 Å². The van der Waals surface area contributed by atoms with Crippen LogP contribution in [0.2, 0.25) is 5.28 Å². The third kappa shape index (κ3) is 6.24. The number of anilines is 1. The number of nitrogens with one attached hydrogen (secondary N) is 1. The van der Waals surface area contributed by atoms with Crippen LogP contribution in [0.15, 0.2) is 40.9 Å². The normalized spacial score (nSPS) is 12.3. The summed E-state index contributed by atoms with van der Waals surface area (Å²) in [6.07, 6.45) is -4.43. The fraction of sp³-hybridized carbons (Fsp3) is 0.263. The van der Waals surface area contributed by atoms with Gasteiger partial charge in [-0.2, -0.15) is 13.2 Å². The maximum Gasteiger partial charge on any atom is 0.416 e. The van der Waals surface area contributed by atoms with Gasteiger partial charge in [0.1, 0.15) is 11.6 Å². The van der Waals surface area contributed by atoms with Crippen LogP contribution >= 0.6 is 27.5 Å². The molecule has 5 nitrogen and oxygen atoms in total. The van der Waals surface area contributed by atoms with Gasteiger partial charge in [-0.3, -0.25) is 0 Å². The molecule has 0 aliphatic heterocycles. The van der Waals surface area contributed by atoms with Crippen molar-refractivity contribution in [3.05, 3.63) is 63.1 Å². The number of nitrogens with two attached hydrogens (primary N) is 1. The monoisotopic (exact) mass is 508 g/mol. The van der Waals surface area contributed by atoms with E-state index in [2.05, 4.69) is 31.2 Å². The SMILES string of the molecule is C[C@@H](Nc1nc(Cl)nc2cc(F)c(Br)cc12)c1cccc(C(F)(F)F)c1.NCCO. The van der Waals surface area contributed by atoms with Crippen LogP contribution < -0.4 is 11.1 Å². The molecule has 0 amide bonds. The maximum absolute atomic E-state index is 13.7. The number of fused-ring (bicyclic) bond motifs is 1. The van der Waals surface area contributed by atoms with Crippen LogP contribution in [0.1, 0.15) is 24.1 Å². The van der Waals surface area contributed by atoms with E-state index in [1.165, 1.54) is 18.2 Å². The maximum atomic E-state index is 13.7. The quantitative estimate of drug-likeness (QED) is 0.328. The summed E-state index contributed by atoms with van der Waals surface area (Å²) < 4.78 is 52.6. The summed E-state index contributed by atoms with van der Waals surface area (Å²) >= 11 is 8.98. The molecule has 0 saturated heterocycles. The molecule has 162 valence electrons. The Morgan fingerprint density at radius 3 is 2.50 bits per heavy atom. The van der Waals surface area contributed by atoms with Crippen molar-refractivity contribution in [3.63, 3.8) is 0 Å². The second-order valence-corrected chi connectivity index (χ2v) is 7.32. The molecule has 30 heavy (non-hydrogen) atoms. The lowest BCUT2D eigenvalue weighted by atomic mass is 10.0. The lowest BCUT2D eigenvalue weighted by Gasteiger charge is -2.18. The number of aliphatic hydroxyl groups excluding tert-OH is 1. The standard InChI is InChI=1S/C17H11BrClF4N3.C2H7NO/c1-8(9-3-2-4-10(5-9)17(21,22)23)24-15-11-6-12(18)13(20)7-14(11)25-16(19)26-15;3-1-2-4/h2-8H,1H3,(H,24,25,26);4H,1-3H2/t8-;/m1./s1. The van der Waals surface area contributed by atoms with Crippen molar-refractivity contribution in [3.8, 4) is 0 Å². The summed E-state index contributed by atoms with van der Waals surface area (Å²) in [5.41, 5.74) is 4.74. The molecule has 4 N–H and O–H groups in total. The molecule has 2 aromatic carbocycles. The van der Waals surface area contributed by atoms with Gasteiger partial charge in [0.15, 0.2) is 0 Å². The Morgan fingerprint density at radius 1 is 1.23 bits per heavy atom. The number of aliphatic hydroxyl groups is 1. The summed E-state index contributed by atoms with van der Waals surface area (Å²) in [5.74, 6) is -0.213. The first-order chi connectivity index (χ1) is 14.1. The highest BCUT2D eigenvalue weighted by Gasteiger charge is 2.30. The van der Waals surface area contributed by atoms with Crippen LogP contribution in [0.4, 0.5) is 23.4 Å². The first-order valence-corrected chi connectivity index (χ1v) is 9.80. The third-order valence-electron chi connectivity index (χ3n) is 3.91. The Labute approximate surface area is 183 Å². The first-order valence-electron chi connectivity index (χ1n) is 8.63. The average Bonchev–Trinajstić information content (AvgIpc) is 2.69. The summed E-state index contributed by atoms with van der Waals surface area (Å²) in [6, 6.07) is 7.18. The van der Waals surface area contributed by atoms with Crippen LogP contribution in [0.25, 0.3) is 10.9 Å². The fourth-order valence-electron chi connectivity index (χ4n) is 2.48. The van der Waals surface area contributed by atoms with E-state index in [-0.39, 0.29) is 21.9 Å². The zero-order chi connectivity index (χ0) is 22.5. The van der Waals surface area contributed by atoms with Gasteiger partial charge in [-0.1, -0.05) is 12.1 Å². The lowest BCUT2D eigenvalue weighted by molar-refractivity contribution is -0.137. The van der Waals surface area contributed by atoms with E-state index in [4.69, 9.17) is 22.4 Å². The van der Waals surface area contributed by atoms with E-state index in [1.807, 2.05) is 0 Å². The molecule has 1 heterocycles. The zero-order valence-corrected chi connectivity index (χ0v) is 18.0. The van der Waals surface area contributed by atoms with Gasteiger partial charge in [0.05, 0.1) is 22.2 Å². The Hall–Kier alpha value is -2.01.